The summed E-state index contributed by atoms with van der Waals surface area (Å²) >= 11 is 0. The van der Waals surface area contributed by atoms with Gasteiger partial charge in [-0.15, -0.1) is 0 Å². The molecule has 0 atom stereocenters. The van der Waals surface area contributed by atoms with Gasteiger partial charge in [0.25, 0.3) is 5.56 Å². The first-order chi connectivity index (χ1) is 13.4. The molecule has 28 heavy (non-hydrogen) atoms. The number of carbonyl (C=O) groups is 1. The molecule has 146 valence electrons. The van der Waals surface area contributed by atoms with Crippen molar-refractivity contribution in [2.24, 2.45) is 17.4 Å². The van der Waals surface area contributed by atoms with Crippen LogP contribution in [0.3, 0.4) is 0 Å². The van der Waals surface area contributed by atoms with Crippen LogP contribution in [0.2, 0.25) is 0 Å². The summed E-state index contributed by atoms with van der Waals surface area (Å²) in [7, 11) is 0. The Morgan fingerprint density at radius 1 is 1.04 bits per heavy atom. The maximum atomic E-state index is 13.2. The maximum Gasteiger partial charge on any atom is 0.335 e. The van der Waals surface area contributed by atoms with Crippen molar-refractivity contribution in [3.05, 3.63) is 69.6 Å². The number of pyridine rings is 1. The molecule has 5 N–H and O–H groups in total. The number of nitrogens with zero attached hydrogens (tertiary/aromatic N) is 1. The highest BCUT2D eigenvalue weighted by molar-refractivity contribution is 6.01. The predicted octanol–water partition coefficient (Wildman–Crippen LogP) is 2.94. The Hall–Kier alpha value is -2.96. The van der Waals surface area contributed by atoms with Crippen LogP contribution in [-0.2, 0) is 19.6 Å². The SMILES string of the molecule is CC(C)Cn1c(CN)c(-c2ccc(CN)cc2)c2cc(C(=O)O)ccc2c1=O. The van der Waals surface area contributed by atoms with Crippen molar-refractivity contribution in [1.29, 1.82) is 0 Å². The van der Waals surface area contributed by atoms with Gasteiger partial charge in [-0.3, -0.25) is 4.79 Å². The van der Waals surface area contributed by atoms with E-state index in [9.17, 15) is 14.7 Å². The second-order valence-electron chi connectivity index (χ2n) is 7.30. The van der Waals surface area contributed by atoms with Crippen LogP contribution in [0.5, 0.6) is 0 Å². The Labute approximate surface area is 163 Å². The van der Waals surface area contributed by atoms with E-state index in [1.807, 2.05) is 38.1 Å². The van der Waals surface area contributed by atoms with E-state index in [4.69, 9.17) is 11.5 Å². The Morgan fingerprint density at radius 3 is 2.25 bits per heavy atom. The lowest BCUT2D eigenvalue weighted by Gasteiger charge is -2.21. The molecule has 0 saturated heterocycles. The van der Waals surface area contributed by atoms with Gasteiger partial charge in [0, 0.05) is 36.3 Å². The molecule has 0 saturated carbocycles. The molecule has 0 amide bonds. The molecule has 6 nitrogen and oxygen atoms in total. The molecule has 1 aromatic heterocycles. The third-order valence-corrected chi connectivity index (χ3v) is 4.85. The molecule has 0 bridgehead atoms. The van der Waals surface area contributed by atoms with Crippen LogP contribution in [0, 0.1) is 5.92 Å². The Morgan fingerprint density at radius 2 is 1.71 bits per heavy atom. The van der Waals surface area contributed by atoms with Gasteiger partial charge in [0.1, 0.15) is 0 Å². The summed E-state index contributed by atoms with van der Waals surface area (Å²) in [5.74, 6) is -0.779. The molecule has 0 spiro atoms. The first-order valence-electron chi connectivity index (χ1n) is 9.29. The number of fused-ring (bicyclic) bond motifs is 1. The van der Waals surface area contributed by atoms with Crippen LogP contribution < -0.4 is 17.0 Å². The maximum absolute atomic E-state index is 13.2. The van der Waals surface area contributed by atoms with Gasteiger partial charge in [0.05, 0.1) is 5.56 Å². The molecule has 6 heteroatoms. The second kappa shape index (κ2) is 7.96. The minimum atomic E-state index is -1.04. The molecule has 0 radical (unpaired) electrons. The molecule has 0 aliphatic rings. The predicted molar refractivity (Wildman–Crippen MR) is 111 cm³/mol. The van der Waals surface area contributed by atoms with Gasteiger partial charge >= 0.3 is 5.97 Å². The summed E-state index contributed by atoms with van der Waals surface area (Å²) in [6.45, 7) is 5.22. The molecule has 0 aliphatic heterocycles. The van der Waals surface area contributed by atoms with E-state index < -0.39 is 5.97 Å². The zero-order valence-corrected chi connectivity index (χ0v) is 16.1. The zero-order chi connectivity index (χ0) is 20.4. The van der Waals surface area contributed by atoms with Crippen molar-refractivity contribution in [2.75, 3.05) is 0 Å². The number of aromatic carboxylic acids is 1. The Balaban J connectivity index is 2.44. The average molecular weight is 379 g/mol. The van der Waals surface area contributed by atoms with Crippen LogP contribution in [-0.4, -0.2) is 15.6 Å². The number of hydrogen-bond donors (Lipinski definition) is 3. The molecule has 0 unspecified atom stereocenters. The van der Waals surface area contributed by atoms with Gasteiger partial charge in [-0.2, -0.15) is 0 Å². The number of nitrogens with two attached hydrogens (primary N) is 2. The van der Waals surface area contributed by atoms with Crippen LogP contribution in [0.1, 0.15) is 35.5 Å². The van der Waals surface area contributed by atoms with Crippen molar-refractivity contribution in [2.45, 2.75) is 33.5 Å². The summed E-state index contributed by atoms with van der Waals surface area (Å²) in [5.41, 5.74) is 15.1. The van der Waals surface area contributed by atoms with Crippen molar-refractivity contribution in [3.63, 3.8) is 0 Å². The highest BCUT2D eigenvalue weighted by Crippen LogP contribution is 2.32. The van der Waals surface area contributed by atoms with E-state index in [1.165, 1.54) is 6.07 Å². The third kappa shape index (κ3) is 3.56. The second-order valence-corrected chi connectivity index (χ2v) is 7.30. The highest BCUT2D eigenvalue weighted by Gasteiger charge is 2.19. The van der Waals surface area contributed by atoms with E-state index >= 15 is 0 Å². The lowest BCUT2D eigenvalue weighted by Crippen LogP contribution is -2.28. The summed E-state index contributed by atoms with van der Waals surface area (Å²) in [4.78, 5) is 24.7. The minimum Gasteiger partial charge on any atom is -0.478 e. The first-order valence-corrected chi connectivity index (χ1v) is 9.29. The summed E-state index contributed by atoms with van der Waals surface area (Å²) in [5, 5.41) is 10.5. The van der Waals surface area contributed by atoms with Crippen molar-refractivity contribution in [3.8, 4) is 11.1 Å². The normalized spacial score (nSPS) is 11.3. The van der Waals surface area contributed by atoms with E-state index in [-0.39, 0.29) is 23.6 Å². The monoisotopic (exact) mass is 379 g/mol. The molecular weight excluding hydrogens is 354 g/mol. The average Bonchev–Trinajstić information content (AvgIpc) is 2.69. The van der Waals surface area contributed by atoms with Crippen molar-refractivity contribution >= 4 is 16.7 Å². The summed E-state index contributed by atoms with van der Waals surface area (Å²) < 4.78 is 1.72. The van der Waals surface area contributed by atoms with Gasteiger partial charge in [0.2, 0.25) is 0 Å². The van der Waals surface area contributed by atoms with E-state index in [1.54, 1.807) is 16.7 Å². The molecular formula is C22H25N3O3. The van der Waals surface area contributed by atoms with E-state index in [2.05, 4.69) is 0 Å². The van der Waals surface area contributed by atoms with E-state index in [0.717, 1.165) is 16.7 Å². The Bertz CT molecular complexity index is 1080. The number of rotatable bonds is 6. The molecule has 1 heterocycles. The highest BCUT2D eigenvalue weighted by atomic mass is 16.4. The van der Waals surface area contributed by atoms with Crippen molar-refractivity contribution < 1.29 is 9.90 Å². The van der Waals surface area contributed by atoms with Gasteiger partial charge in [-0.1, -0.05) is 38.1 Å². The first kappa shape index (κ1) is 19.8. The Kier molecular flexibility index (Phi) is 5.63. The number of benzene rings is 2. The van der Waals surface area contributed by atoms with Crippen LogP contribution in [0.4, 0.5) is 0 Å². The number of hydrogen-bond acceptors (Lipinski definition) is 4. The van der Waals surface area contributed by atoms with Crippen LogP contribution >= 0.6 is 0 Å². The van der Waals surface area contributed by atoms with Crippen LogP contribution in [0.25, 0.3) is 21.9 Å². The summed E-state index contributed by atoms with van der Waals surface area (Å²) in [6.07, 6.45) is 0. The fraction of sp³-hybridized carbons (Fsp3) is 0.273. The van der Waals surface area contributed by atoms with Gasteiger partial charge in [-0.25, -0.2) is 4.79 Å². The van der Waals surface area contributed by atoms with Gasteiger partial charge in [0.15, 0.2) is 0 Å². The molecule has 0 fully saturated rings. The number of aromatic nitrogens is 1. The van der Waals surface area contributed by atoms with Gasteiger partial charge < -0.3 is 21.1 Å². The quantitative estimate of drug-likeness (QED) is 0.610. The molecule has 2 aromatic carbocycles. The van der Waals surface area contributed by atoms with Crippen molar-refractivity contribution in [1.82, 2.24) is 4.57 Å². The fourth-order valence-electron chi connectivity index (χ4n) is 3.53. The fourth-order valence-corrected chi connectivity index (χ4v) is 3.53. The van der Waals surface area contributed by atoms with Crippen LogP contribution in [0.15, 0.2) is 47.3 Å². The topological polar surface area (TPSA) is 111 Å². The van der Waals surface area contributed by atoms with E-state index in [0.29, 0.717) is 29.6 Å². The minimum absolute atomic E-state index is 0.135. The molecule has 3 aromatic rings. The number of carboxylic acid groups (broad SMARTS) is 1. The smallest absolute Gasteiger partial charge is 0.335 e. The summed E-state index contributed by atoms with van der Waals surface area (Å²) in [6, 6.07) is 12.4. The largest absolute Gasteiger partial charge is 0.478 e. The standard InChI is InChI=1S/C22H25N3O3/c1-13(2)12-25-19(11-24)20(15-5-3-14(10-23)4-6-15)18-9-16(22(27)28)7-8-17(18)21(25)26/h3-9,13H,10-12,23-24H2,1-2H3,(H,27,28). The lowest BCUT2D eigenvalue weighted by molar-refractivity contribution is 0.0697. The molecule has 3 rings (SSSR count). The zero-order valence-electron chi connectivity index (χ0n) is 16.1. The molecule has 0 aliphatic carbocycles. The third-order valence-electron chi connectivity index (χ3n) is 4.85. The lowest BCUT2D eigenvalue weighted by atomic mass is 9.94. The van der Waals surface area contributed by atoms with Gasteiger partial charge in [-0.05, 0) is 40.6 Å². The number of carboxylic acids is 1.